The van der Waals surface area contributed by atoms with E-state index in [0.29, 0.717) is 19.3 Å². The highest BCUT2D eigenvalue weighted by Crippen LogP contribution is 2.53. The summed E-state index contributed by atoms with van der Waals surface area (Å²) in [7, 11) is 0. The van der Waals surface area contributed by atoms with Crippen LogP contribution in [0.4, 0.5) is 32.0 Å². The maximum atomic E-state index is 13.1. The maximum absolute atomic E-state index is 13.1. The van der Waals surface area contributed by atoms with Gasteiger partial charge in [-0.1, -0.05) is 20.3 Å². The second-order valence-corrected chi connectivity index (χ2v) is 5.43. The first-order chi connectivity index (χ1) is 11.5. The molecule has 1 aromatic rings. The molecule has 0 heterocycles. The second kappa shape index (κ2) is 7.97. The Bertz CT molecular complexity index is 551. The molecule has 1 N–H and O–H groups in total. The molecule has 0 unspecified atom stereocenters. The SMILES string of the molecule is CCCCOc1ccc(NC(=O)C(CC)(C(F)(F)F)C(F)(F)F)cc1. The van der Waals surface area contributed by atoms with Crippen molar-refractivity contribution in [2.75, 3.05) is 11.9 Å². The Morgan fingerprint density at radius 3 is 1.92 bits per heavy atom. The first-order valence-corrected chi connectivity index (χ1v) is 7.67. The zero-order valence-electron chi connectivity index (χ0n) is 13.7. The van der Waals surface area contributed by atoms with Crippen LogP contribution in [0, 0.1) is 5.41 Å². The van der Waals surface area contributed by atoms with Crippen LogP contribution in [-0.4, -0.2) is 24.9 Å². The van der Waals surface area contributed by atoms with E-state index in [1.54, 1.807) is 5.32 Å². The van der Waals surface area contributed by atoms with Crippen LogP contribution in [0.2, 0.25) is 0 Å². The summed E-state index contributed by atoms with van der Waals surface area (Å²) in [4.78, 5) is 11.9. The smallest absolute Gasteiger partial charge is 0.412 e. The Labute approximate surface area is 141 Å². The van der Waals surface area contributed by atoms with Gasteiger partial charge in [0.15, 0.2) is 0 Å². The molecule has 0 radical (unpaired) electrons. The van der Waals surface area contributed by atoms with E-state index in [4.69, 9.17) is 4.74 Å². The van der Waals surface area contributed by atoms with Gasteiger partial charge in [-0.05, 0) is 37.1 Å². The van der Waals surface area contributed by atoms with E-state index in [2.05, 4.69) is 0 Å². The lowest BCUT2D eigenvalue weighted by molar-refractivity contribution is -0.324. The minimum Gasteiger partial charge on any atom is -0.494 e. The van der Waals surface area contributed by atoms with E-state index >= 15 is 0 Å². The van der Waals surface area contributed by atoms with E-state index < -0.39 is 30.1 Å². The first kappa shape index (κ1) is 21.1. The Morgan fingerprint density at radius 1 is 1.00 bits per heavy atom. The van der Waals surface area contributed by atoms with Crippen molar-refractivity contribution in [1.82, 2.24) is 0 Å². The number of unbranched alkanes of at least 4 members (excludes halogenated alkanes) is 1. The summed E-state index contributed by atoms with van der Waals surface area (Å²) in [6.07, 6.45) is -11.3. The summed E-state index contributed by atoms with van der Waals surface area (Å²) < 4.78 is 83.7. The van der Waals surface area contributed by atoms with Gasteiger partial charge < -0.3 is 10.1 Å². The number of ether oxygens (including phenoxy) is 1. The number of benzene rings is 1. The molecule has 1 aromatic carbocycles. The molecular weight excluding hydrogens is 352 g/mol. The quantitative estimate of drug-likeness (QED) is 0.520. The van der Waals surface area contributed by atoms with E-state index in [9.17, 15) is 31.1 Å². The largest absolute Gasteiger partial charge is 0.494 e. The van der Waals surface area contributed by atoms with Crippen LogP contribution in [0.25, 0.3) is 0 Å². The molecular formula is C16H19F6NO2. The number of hydrogen-bond donors (Lipinski definition) is 1. The average molecular weight is 371 g/mol. The van der Waals surface area contributed by atoms with Crippen molar-refractivity contribution in [1.29, 1.82) is 0 Å². The lowest BCUT2D eigenvalue weighted by Crippen LogP contribution is -2.57. The van der Waals surface area contributed by atoms with Gasteiger partial charge in [0.1, 0.15) is 5.75 Å². The molecule has 0 aromatic heterocycles. The lowest BCUT2D eigenvalue weighted by atomic mass is 9.82. The minimum absolute atomic E-state index is 0.181. The Kier molecular flexibility index (Phi) is 6.73. The van der Waals surface area contributed by atoms with Crippen LogP contribution in [0.3, 0.4) is 0 Å². The van der Waals surface area contributed by atoms with Crippen molar-refractivity contribution in [3.8, 4) is 5.75 Å². The predicted molar refractivity (Wildman–Crippen MR) is 80.3 cm³/mol. The molecule has 25 heavy (non-hydrogen) atoms. The van der Waals surface area contributed by atoms with Crippen LogP contribution in [0.15, 0.2) is 24.3 Å². The number of carbonyl (C=O) groups is 1. The molecule has 9 heteroatoms. The standard InChI is InChI=1S/C16H19F6NO2/c1-3-5-10-25-12-8-6-11(7-9-12)23-13(24)14(4-2,15(17,18)19)16(20,21)22/h6-9H,3-5,10H2,1-2H3,(H,23,24). The van der Waals surface area contributed by atoms with Gasteiger partial charge in [-0.15, -0.1) is 0 Å². The first-order valence-electron chi connectivity index (χ1n) is 7.67. The van der Waals surface area contributed by atoms with Crippen LogP contribution in [0.5, 0.6) is 5.75 Å². The zero-order chi connectivity index (χ0) is 19.3. The van der Waals surface area contributed by atoms with Crippen molar-refractivity contribution < 1.29 is 35.9 Å². The Morgan fingerprint density at radius 2 is 1.52 bits per heavy atom. The summed E-state index contributed by atoms with van der Waals surface area (Å²) in [5.74, 6) is -1.76. The molecule has 0 fully saturated rings. The van der Waals surface area contributed by atoms with Gasteiger partial charge in [0.25, 0.3) is 0 Å². The number of halogens is 6. The van der Waals surface area contributed by atoms with Crippen LogP contribution in [0.1, 0.15) is 33.1 Å². The van der Waals surface area contributed by atoms with E-state index in [1.165, 1.54) is 24.3 Å². The summed E-state index contributed by atoms with van der Waals surface area (Å²) in [5.41, 5.74) is -4.64. The van der Waals surface area contributed by atoms with E-state index in [1.807, 2.05) is 6.92 Å². The number of anilines is 1. The number of hydrogen-bond acceptors (Lipinski definition) is 2. The van der Waals surface area contributed by atoms with E-state index in [-0.39, 0.29) is 5.69 Å². The number of rotatable bonds is 7. The van der Waals surface area contributed by atoms with Crippen molar-refractivity contribution in [3.05, 3.63) is 24.3 Å². The highest BCUT2D eigenvalue weighted by molar-refractivity contribution is 5.96. The van der Waals surface area contributed by atoms with Gasteiger partial charge in [0.05, 0.1) is 6.61 Å². The summed E-state index contributed by atoms with van der Waals surface area (Å²) >= 11 is 0. The van der Waals surface area contributed by atoms with Gasteiger partial charge in [-0.3, -0.25) is 4.79 Å². The van der Waals surface area contributed by atoms with Crippen LogP contribution in [-0.2, 0) is 4.79 Å². The van der Waals surface area contributed by atoms with Crippen molar-refractivity contribution in [2.45, 2.75) is 45.5 Å². The molecule has 1 rings (SSSR count). The van der Waals surface area contributed by atoms with Gasteiger partial charge in [-0.25, -0.2) is 0 Å². The van der Waals surface area contributed by atoms with Crippen LogP contribution < -0.4 is 10.1 Å². The van der Waals surface area contributed by atoms with Gasteiger partial charge >= 0.3 is 12.4 Å². The molecule has 0 spiro atoms. The van der Waals surface area contributed by atoms with Crippen molar-refractivity contribution in [3.63, 3.8) is 0 Å². The maximum Gasteiger partial charge on any atom is 0.412 e. The fourth-order valence-electron chi connectivity index (χ4n) is 2.19. The molecule has 142 valence electrons. The zero-order valence-corrected chi connectivity index (χ0v) is 13.7. The molecule has 0 aliphatic carbocycles. The number of amides is 1. The van der Waals surface area contributed by atoms with E-state index in [0.717, 1.165) is 12.8 Å². The third-order valence-electron chi connectivity index (χ3n) is 3.76. The fraction of sp³-hybridized carbons (Fsp3) is 0.562. The average Bonchev–Trinajstić information content (AvgIpc) is 2.47. The monoisotopic (exact) mass is 371 g/mol. The summed E-state index contributed by atoms with van der Waals surface area (Å²) in [6.45, 7) is 3.07. The van der Waals surface area contributed by atoms with Gasteiger partial charge in [0.2, 0.25) is 11.3 Å². The molecule has 0 aliphatic rings. The molecule has 0 saturated carbocycles. The van der Waals surface area contributed by atoms with Gasteiger partial charge in [0, 0.05) is 5.69 Å². The normalized spacial score (nSPS) is 12.8. The van der Waals surface area contributed by atoms with Crippen LogP contribution >= 0.6 is 0 Å². The lowest BCUT2D eigenvalue weighted by Gasteiger charge is -2.34. The predicted octanol–water partition coefficient (Wildman–Crippen LogP) is 5.33. The molecule has 0 atom stereocenters. The molecule has 0 bridgehead atoms. The third-order valence-corrected chi connectivity index (χ3v) is 3.76. The summed E-state index contributed by atoms with van der Waals surface area (Å²) in [6, 6.07) is 5.10. The third kappa shape index (κ3) is 4.58. The minimum atomic E-state index is -5.77. The van der Waals surface area contributed by atoms with Crippen molar-refractivity contribution in [2.24, 2.45) is 5.41 Å². The highest BCUT2D eigenvalue weighted by Gasteiger charge is 2.74. The Balaban J connectivity index is 2.98. The molecule has 3 nitrogen and oxygen atoms in total. The highest BCUT2D eigenvalue weighted by atomic mass is 19.4. The van der Waals surface area contributed by atoms with Crippen molar-refractivity contribution >= 4 is 11.6 Å². The Hall–Kier alpha value is -1.93. The fourth-order valence-corrected chi connectivity index (χ4v) is 2.19. The molecule has 1 amide bonds. The molecule has 0 saturated heterocycles. The van der Waals surface area contributed by atoms with Gasteiger partial charge in [-0.2, -0.15) is 26.3 Å². The number of alkyl halides is 6. The molecule has 0 aliphatic heterocycles. The second-order valence-electron chi connectivity index (χ2n) is 5.43. The summed E-state index contributed by atoms with van der Waals surface area (Å²) in [5, 5.41) is 1.71. The number of carbonyl (C=O) groups excluding carboxylic acids is 1. The number of nitrogens with one attached hydrogen (secondary N) is 1. The topological polar surface area (TPSA) is 38.3 Å².